The molecule has 0 radical (unpaired) electrons. The highest BCUT2D eigenvalue weighted by Gasteiger charge is 2.34. The van der Waals surface area contributed by atoms with Crippen molar-refractivity contribution in [3.8, 4) is 0 Å². The lowest BCUT2D eigenvalue weighted by molar-refractivity contribution is 0.0921. The van der Waals surface area contributed by atoms with Gasteiger partial charge in [0.1, 0.15) is 5.15 Å². The van der Waals surface area contributed by atoms with Gasteiger partial charge in [0, 0.05) is 17.8 Å². The predicted octanol–water partition coefficient (Wildman–Crippen LogP) is 4.38. The van der Waals surface area contributed by atoms with Crippen LogP contribution >= 0.6 is 11.6 Å². The van der Waals surface area contributed by atoms with E-state index in [4.69, 9.17) is 11.6 Å². The molecular weight excluding hydrogens is 284 g/mol. The Morgan fingerprint density at radius 1 is 1.38 bits per heavy atom. The third-order valence-electron chi connectivity index (χ3n) is 4.31. The number of carbonyl (C=O) groups excluding carboxylic acids is 1. The average Bonchev–Trinajstić information content (AvgIpc) is 2.83. The number of aromatic nitrogens is 1. The summed E-state index contributed by atoms with van der Waals surface area (Å²) in [6.45, 7) is 7.13. The number of hydrogen-bond acceptors (Lipinski definition) is 2. The van der Waals surface area contributed by atoms with E-state index in [-0.39, 0.29) is 11.3 Å². The van der Waals surface area contributed by atoms with Crippen molar-refractivity contribution < 1.29 is 4.79 Å². The zero-order valence-corrected chi connectivity index (χ0v) is 14.0. The number of halogens is 1. The molecule has 1 aliphatic rings. The molecule has 21 heavy (non-hydrogen) atoms. The van der Waals surface area contributed by atoms with E-state index in [1.807, 2.05) is 6.92 Å². The number of nitrogens with zero attached hydrogens (tertiary/aromatic N) is 1. The molecule has 1 amide bonds. The first-order valence-corrected chi connectivity index (χ1v) is 8.20. The molecule has 0 unspecified atom stereocenters. The largest absolute Gasteiger partial charge is 0.351 e. The van der Waals surface area contributed by atoms with Gasteiger partial charge in [0.15, 0.2) is 0 Å². The molecule has 1 aromatic rings. The molecule has 1 fully saturated rings. The van der Waals surface area contributed by atoms with Crippen LogP contribution in [-0.2, 0) is 0 Å². The molecule has 0 bridgehead atoms. The van der Waals surface area contributed by atoms with Gasteiger partial charge in [0.2, 0.25) is 0 Å². The lowest BCUT2D eigenvalue weighted by Gasteiger charge is -2.31. The van der Waals surface area contributed by atoms with Crippen LogP contribution in [0.5, 0.6) is 0 Å². The van der Waals surface area contributed by atoms with Gasteiger partial charge >= 0.3 is 0 Å². The first-order valence-electron chi connectivity index (χ1n) is 7.83. The van der Waals surface area contributed by atoms with Gasteiger partial charge in [-0.1, -0.05) is 38.3 Å². The highest BCUT2D eigenvalue weighted by molar-refractivity contribution is 6.29. The zero-order valence-electron chi connectivity index (χ0n) is 13.2. The second-order valence-electron chi connectivity index (χ2n) is 6.81. The van der Waals surface area contributed by atoms with Crippen molar-refractivity contribution in [3.05, 3.63) is 28.5 Å². The Kier molecular flexibility index (Phi) is 5.26. The lowest BCUT2D eigenvalue weighted by atomic mass is 9.78. The molecule has 0 aliphatic heterocycles. The van der Waals surface area contributed by atoms with Gasteiger partial charge in [-0.15, -0.1) is 0 Å². The molecular formula is C17H25ClN2O. The fraction of sp³-hybridized carbons (Fsp3) is 0.647. The Balaban J connectivity index is 2.01. The molecule has 0 aromatic carbocycles. The quantitative estimate of drug-likeness (QED) is 0.820. The van der Waals surface area contributed by atoms with Gasteiger partial charge in [0.25, 0.3) is 5.91 Å². The summed E-state index contributed by atoms with van der Waals surface area (Å²) >= 11 is 5.93. The summed E-state index contributed by atoms with van der Waals surface area (Å²) in [5, 5.41) is 3.49. The molecule has 0 atom stereocenters. The summed E-state index contributed by atoms with van der Waals surface area (Å²) in [5.41, 5.74) is 1.66. The maximum atomic E-state index is 12.3. The van der Waals surface area contributed by atoms with Gasteiger partial charge < -0.3 is 5.32 Å². The van der Waals surface area contributed by atoms with E-state index < -0.39 is 0 Å². The minimum Gasteiger partial charge on any atom is -0.351 e. The van der Waals surface area contributed by atoms with Crippen LogP contribution < -0.4 is 5.32 Å². The molecule has 4 heteroatoms. The van der Waals surface area contributed by atoms with Crippen molar-refractivity contribution in [2.75, 3.05) is 6.54 Å². The third kappa shape index (κ3) is 4.44. The zero-order chi connectivity index (χ0) is 15.5. The highest BCUT2D eigenvalue weighted by Crippen LogP contribution is 2.42. The fourth-order valence-corrected chi connectivity index (χ4v) is 3.82. The van der Waals surface area contributed by atoms with Crippen LogP contribution in [0, 0.1) is 18.3 Å². The Hall–Kier alpha value is -1.09. The van der Waals surface area contributed by atoms with E-state index in [1.165, 1.54) is 32.1 Å². The molecule has 1 N–H and O–H groups in total. The maximum absolute atomic E-state index is 12.3. The molecule has 1 saturated carbocycles. The van der Waals surface area contributed by atoms with Crippen molar-refractivity contribution in [1.82, 2.24) is 10.3 Å². The summed E-state index contributed by atoms with van der Waals surface area (Å²) in [7, 11) is 0. The van der Waals surface area contributed by atoms with Crippen molar-refractivity contribution in [2.24, 2.45) is 11.3 Å². The molecule has 1 aliphatic carbocycles. The number of nitrogens with one attached hydrogen (secondary N) is 1. The molecule has 116 valence electrons. The summed E-state index contributed by atoms with van der Waals surface area (Å²) in [5.74, 6) is 0.620. The topological polar surface area (TPSA) is 42.0 Å². The second-order valence-corrected chi connectivity index (χ2v) is 7.19. The van der Waals surface area contributed by atoms with Crippen LogP contribution in [0.1, 0.15) is 62.0 Å². The highest BCUT2D eigenvalue weighted by atomic mass is 35.5. The number of pyridine rings is 1. The van der Waals surface area contributed by atoms with Crippen molar-refractivity contribution in [2.45, 2.75) is 52.9 Å². The van der Waals surface area contributed by atoms with E-state index in [1.54, 1.807) is 12.1 Å². The summed E-state index contributed by atoms with van der Waals surface area (Å²) in [6.07, 6.45) is 6.19. The van der Waals surface area contributed by atoms with Crippen molar-refractivity contribution in [3.63, 3.8) is 0 Å². The second kappa shape index (κ2) is 6.78. The van der Waals surface area contributed by atoms with Gasteiger partial charge in [-0.2, -0.15) is 0 Å². The van der Waals surface area contributed by atoms with Gasteiger partial charge in [-0.25, -0.2) is 4.98 Å². The molecule has 2 rings (SSSR count). The standard InChI is InChI=1S/C17H25ClN2O/c1-12(2)10-17(6-4-5-7-17)11-19-16(21)14-8-13(3)20-15(18)9-14/h8-9,12H,4-7,10-11H2,1-3H3,(H,19,21). The van der Waals surface area contributed by atoms with E-state index in [9.17, 15) is 4.79 Å². The Morgan fingerprint density at radius 3 is 2.62 bits per heavy atom. The lowest BCUT2D eigenvalue weighted by Crippen LogP contribution is -2.37. The molecule has 3 nitrogen and oxygen atoms in total. The number of carbonyl (C=O) groups is 1. The normalized spacial score (nSPS) is 17.2. The maximum Gasteiger partial charge on any atom is 0.251 e. The number of aryl methyl sites for hydroxylation is 1. The molecule has 0 spiro atoms. The number of hydrogen-bond donors (Lipinski definition) is 1. The minimum atomic E-state index is -0.0440. The van der Waals surface area contributed by atoms with Crippen LogP contribution in [0.15, 0.2) is 12.1 Å². The van der Waals surface area contributed by atoms with Crippen LogP contribution in [0.4, 0.5) is 0 Å². The van der Waals surface area contributed by atoms with Crippen LogP contribution in [-0.4, -0.2) is 17.4 Å². The van der Waals surface area contributed by atoms with Crippen molar-refractivity contribution >= 4 is 17.5 Å². The number of rotatable bonds is 5. The minimum absolute atomic E-state index is 0.0440. The number of amides is 1. The van der Waals surface area contributed by atoms with Crippen LogP contribution in [0.2, 0.25) is 5.15 Å². The predicted molar refractivity (Wildman–Crippen MR) is 86.7 cm³/mol. The SMILES string of the molecule is Cc1cc(C(=O)NCC2(CC(C)C)CCCC2)cc(Cl)n1. The fourth-order valence-electron chi connectivity index (χ4n) is 3.57. The first-order chi connectivity index (χ1) is 9.90. The van der Waals surface area contributed by atoms with E-state index in [2.05, 4.69) is 24.1 Å². The first kappa shape index (κ1) is 16.3. The smallest absolute Gasteiger partial charge is 0.251 e. The molecule has 1 heterocycles. The molecule has 0 saturated heterocycles. The Bertz CT molecular complexity index is 487. The van der Waals surface area contributed by atoms with Gasteiger partial charge in [-0.05, 0) is 49.7 Å². The summed E-state index contributed by atoms with van der Waals surface area (Å²) in [4.78, 5) is 16.4. The van der Waals surface area contributed by atoms with Gasteiger partial charge in [0.05, 0.1) is 0 Å². The van der Waals surface area contributed by atoms with Gasteiger partial charge in [-0.3, -0.25) is 4.79 Å². The summed E-state index contributed by atoms with van der Waals surface area (Å²) in [6, 6.07) is 3.42. The monoisotopic (exact) mass is 308 g/mol. The van der Waals surface area contributed by atoms with E-state index >= 15 is 0 Å². The van der Waals surface area contributed by atoms with E-state index in [0.29, 0.717) is 16.6 Å². The molecule has 1 aromatic heterocycles. The van der Waals surface area contributed by atoms with Crippen LogP contribution in [0.25, 0.3) is 0 Å². The van der Waals surface area contributed by atoms with Crippen LogP contribution in [0.3, 0.4) is 0 Å². The Labute approximate surface area is 132 Å². The van der Waals surface area contributed by atoms with E-state index in [0.717, 1.165) is 12.2 Å². The Morgan fingerprint density at radius 2 is 2.05 bits per heavy atom. The third-order valence-corrected chi connectivity index (χ3v) is 4.51. The van der Waals surface area contributed by atoms with Crippen molar-refractivity contribution in [1.29, 1.82) is 0 Å². The summed E-state index contributed by atoms with van der Waals surface area (Å²) < 4.78 is 0. The average molecular weight is 309 g/mol.